The van der Waals surface area contributed by atoms with E-state index in [4.69, 9.17) is 0 Å². The number of carbonyl (C=O) groups excluding carboxylic acids is 5. The summed E-state index contributed by atoms with van der Waals surface area (Å²) in [7, 11) is 0. The van der Waals surface area contributed by atoms with Crippen molar-refractivity contribution in [3.8, 4) is 0 Å². The molecule has 24 heavy (non-hydrogen) atoms. The molecule has 0 aliphatic rings. The average Bonchev–Trinajstić information content (AvgIpc) is 2.58. The molecule has 0 heterocycles. The number of rotatable bonds is 12. The summed E-state index contributed by atoms with van der Waals surface area (Å²) in [6.45, 7) is 3.54. The second kappa shape index (κ2) is 12.9. The van der Waals surface area contributed by atoms with Gasteiger partial charge in [-0.05, 0) is 5.92 Å². The predicted octanol–water partition coefficient (Wildman–Crippen LogP) is -2.76. The largest absolute Gasteiger partial charge is 0.354 e. The summed E-state index contributed by atoms with van der Waals surface area (Å²) in [4.78, 5) is 55.5. The van der Waals surface area contributed by atoms with Gasteiger partial charge < -0.3 is 26.6 Å². The van der Waals surface area contributed by atoms with Gasteiger partial charge >= 0.3 is 0 Å². The normalized spacial score (nSPS) is 10.9. The zero-order valence-corrected chi connectivity index (χ0v) is 13.9. The summed E-state index contributed by atoms with van der Waals surface area (Å²) < 4.78 is 0. The fraction of sp³-hybridized carbons (Fsp3) is 0.643. The maximum Gasteiger partial charge on any atom is 0.239 e. The molecule has 5 N–H and O–H groups in total. The highest BCUT2D eigenvalue weighted by Crippen LogP contribution is 1.96. The average molecular weight is 343 g/mol. The van der Waals surface area contributed by atoms with Crippen LogP contribution >= 0.6 is 0 Å². The van der Waals surface area contributed by atoms with E-state index >= 15 is 0 Å². The first-order chi connectivity index (χ1) is 11.4. The van der Waals surface area contributed by atoms with Crippen LogP contribution in [0.25, 0.3) is 0 Å². The number of nitrogens with one attached hydrogen (secondary N) is 5. The lowest BCUT2D eigenvalue weighted by Gasteiger charge is -2.11. The molecular formula is C14H25N5O5. The molecule has 0 aromatic carbocycles. The Morgan fingerprint density at radius 1 is 0.792 bits per heavy atom. The smallest absolute Gasteiger partial charge is 0.239 e. The Hall–Kier alpha value is -2.65. The fourth-order valence-electron chi connectivity index (χ4n) is 1.35. The highest BCUT2D eigenvalue weighted by atomic mass is 16.2. The van der Waals surface area contributed by atoms with Crippen LogP contribution in [0.3, 0.4) is 0 Å². The summed E-state index contributed by atoms with van der Waals surface area (Å²) in [6, 6.07) is 0. The maximum absolute atomic E-state index is 11.5. The quantitative estimate of drug-likeness (QED) is 0.244. The first-order valence-corrected chi connectivity index (χ1v) is 7.62. The predicted molar refractivity (Wildman–Crippen MR) is 85.6 cm³/mol. The van der Waals surface area contributed by atoms with Gasteiger partial charge in [0.05, 0.1) is 26.2 Å². The Labute approximate surface area is 140 Å². The molecule has 10 heteroatoms. The van der Waals surface area contributed by atoms with Gasteiger partial charge in [0.15, 0.2) is 0 Å². The summed E-state index contributed by atoms with van der Waals surface area (Å²) >= 11 is 0. The molecule has 136 valence electrons. The van der Waals surface area contributed by atoms with E-state index in [2.05, 4.69) is 26.6 Å². The highest BCUT2D eigenvalue weighted by molar-refractivity contribution is 5.90. The molecule has 1 atom stereocenters. The number of hydrogen-bond acceptors (Lipinski definition) is 5. The van der Waals surface area contributed by atoms with Crippen LogP contribution in [0.15, 0.2) is 0 Å². The van der Waals surface area contributed by atoms with Gasteiger partial charge in [-0.25, -0.2) is 0 Å². The van der Waals surface area contributed by atoms with Gasteiger partial charge in [0.1, 0.15) is 0 Å². The molecule has 0 bridgehead atoms. The first-order valence-electron chi connectivity index (χ1n) is 7.62. The number of hydrogen-bond donors (Lipinski definition) is 5. The van der Waals surface area contributed by atoms with E-state index < -0.39 is 17.7 Å². The van der Waals surface area contributed by atoms with Crippen molar-refractivity contribution in [2.24, 2.45) is 5.92 Å². The Balaban J connectivity index is 3.77. The van der Waals surface area contributed by atoms with Gasteiger partial charge in [-0.15, -0.1) is 0 Å². The summed E-state index contributed by atoms with van der Waals surface area (Å²) in [6.07, 6.45) is 1.31. The van der Waals surface area contributed by atoms with E-state index in [0.717, 1.165) is 6.42 Å². The third-order valence-electron chi connectivity index (χ3n) is 3.03. The van der Waals surface area contributed by atoms with Crippen molar-refractivity contribution in [3.63, 3.8) is 0 Å². The van der Waals surface area contributed by atoms with Crippen molar-refractivity contribution < 1.29 is 24.0 Å². The van der Waals surface area contributed by atoms with Gasteiger partial charge in [-0.3, -0.25) is 24.0 Å². The van der Waals surface area contributed by atoms with Crippen LogP contribution < -0.4 is 26.6 Å². The molecule has 0 saturated carbocycles. The topological polar surface area (TPSA) is 146 Å². The lowest BCUT2D eigenvalue weighted by Crippen LogP contribution is -2.45. The molecule has 0 fully saturated rings. The molecule has 1 unspecified atom stereocenters. The number of carbonyl (C=O) groups is 5. The third kappa shape index (κ3) is 12.0. The first kappa shape index (κ1) is 21.4. The van der Waals surface area contributed by atoms with Crippen molar-refractivity contribution in [2.75, 3.05) is 32.7 Å². The van der Waals surface area contributed by atoms with Crippen LogP contribution in [0.4, 0.5) is 0 Å². The van der Waals surface area contributed by atoms with E-state index in [1.807, 2.05) is 13.8 Å². The van der Waals surface area contributed by atoms with Crippen LogP contribution in [0.5, 0.6) is 0 Å². The van der Waals surface area contributed by atoms with Gasteiger partial charge in [-0.2, -0.15) is 0 Å². The zero-order valence-electron chi connectivity index (χ0n) is 13.9. The summed E-state index contributed by atoms with van der Waals surface area (Å²) in [5, 5.41) is 11.7. The summed E-state index contributed by atoms with van der Waals surface area (Å²) in [5.74, 6) is -1.55. The standard InChI is InChI=1S/C14H25N5O5/c1-3-10(2)4-16-12(22)6-18-14(24)8-19-13(23)7-17-11(21)5-15-9-20/h9-10H,3-8H2,1-2H3,(H,15,20)(H,16,22)(H,17,21)(H,18,24)(H,19,23). The minimum absolute atomic E-state index is 0.167. The van der Waals surface area contributed by atoms with Gasteiger partial charge in [-0.1, -0.05) is 20.3 Å². The summed E-state index contributed by atoms with van der Waals surface area (Å²) in [5.41, 5.74) is 0. The van der Waals surface area contributed by atoms with E-state index in [9.17, 15) is 24.0 Å². The van der Waals surface area contributed by atoms with Crippen LogP contribution in [-0.2, 0) is 24.0 Å². The minimum atomic E-state index is -0.564. The molecule has 0 aliphatic carbocycles. The molecule has 0 saturated heterocycles. The highest BCUT2D eigenvalue weighted by Gasteiger charge is 2.09. The Morgan fingerprint density at radius 2 is 1.21 bits per heavy atom. The maximum atomic E-state index is 11.5. The van der Waals surface area contributed by atoms with Crippen molar-refractivity contribution in [1.82, 2.24) is 26.6 Å². The Morgan fingerprint density at radius 3 is 1.62 bits per heavy atom. The van der Waals surface area contributed by atoms with Crippen LogP contribution in [0, 0.1) is 5.92 Å². The zero-order chi connectivity index (χ0) is 18.4. The van der Waals surface area contributed by atoms with Crippen molar-refractivity contribution in [1.29, 1.82) is 0 Å². The van der Waals surface area contributed by atoms with E-state index in [1.165, 1.54) is 0 Å². The van der Waals surface area contributed by atoms with Crippen molar-refractivity contribution >= 4 is 30.0 Å². The fourth-order valence-corrected chi connectivity index (χ4v) is 1.35. The van der Waals surface area contributed by atoms with E-state index in [-0.39, 0.29) is 32.1 Å². The van der Waals surface area contributed by atoms with Crippen LogP contribution in [0.1, 0.15) is 20.3 Å². The molecule has 10 nitrogen and oxygen atoms in total. The van der Waals surface area contributed by atoms with Crippen LogP contribution in [0.2, 0.25) is 0 Å². The van der Waals surface area contributed by atoms with Gasteiger partial charge in [0, 0.05) is 6.54 Å². The Bertz CT molecular complexity index is 455. The second-order valence-corrected chi connectivity index (χ2v) is 5.15. The molecular weight excluding hydrogens is 318 g/mol. The molecule has 0 spiro atoms. The van der Waals surface area contributed by atoms with Crippen molar-refractivity contribution in [2.45, 2.75) is 20.3 Å². The van der Waals surface area contributed by atoms with Gasteiger partial charge in [0.25, 0.3) is 0 Å². The molecule has 5 amide bonds. The lowest BCUT2D eigenvalue weighted by atomic mass is 10.1. The molecule has 0 aromatic rings. The van der Waals surface area contributed by atoms with Crippen molar-refractivity contribution in [3.05, 3.63) is 0 Å². The Kier molecular flexibility index (Phi) is 11.4. The van der Waals surface area contributed by atoms with Gasteiger partial charge in [0.2, 0.25) is 30.0 Å². The van der Waals surface area contributed by atoms with Crippen LogP contribution in [-0.4, -0.2) is 62.8 Å². The molecule has 0 radical (unpaired) electrons. The molecule has 0 aliphatic heterocycles. The van der Waals surface area contributed by atoms with E-state index in [0.29, 0.717) is 18.9 Å². The monoisotopic (exact) mass is 343 g/mol. The SMILES string of the molecule is CCC(C)CNC(=O)CNC(=O)CNC(=O)CNC(=O)CNC=O. The molecule has 0 rings (SSSR count). The van der Waals surface area contributed by atoms with E-state index in [1.54, 1.807) is 0 Å². The number of amides is 5. The second-order valence-electron chi connectivity index (χ2n) is 5.15. The minimum Gasteiger partial charge on any atom is -0.354 e. The lowest BCUT2D eigenvalue weighted by molar-refractivity contribution is -0.128. The molecule has 0 aromatic heterocycles. The third-order valence-corrected chi connectivity index (χ3v) is 3.03.